The topological polar surface area (TPSA) is 67.1 Å². The molecule has 0 atom stereocenters. The maximum Gasteiger partial charge on any atom is 0.416 e. The highest BCUT2D eigenvalue weighted by atomic mass is 35.5. The summed E-state index contributed by atoms with van der Waals surface area (Å²) >= 11 is 5.82. The summed E-state index contributed by atoms with van der Waals surface area (Å²) in [7, 11) is 0. The summed E-state index contributed by atoms with van der Waals surface area (Å²) in [5.74, 6) is 0.0449. The summed E-state index contributed by atoms with van der Waals surface area (Å²) in [6.07, 6.45) is -1.48. The molecule has 0 saturated heterocycles. The molecule has 0 aliphatic carbocycles. The second-order valence-electron chi connectivity index (χ2n) is 5.95. The number of hydrogen-bond donors (Lipinski definition) is 2. The highest BCUT2D eigenvalue weighted by Gasteiger charge is 2.33. The third-order valence-electron chi connectivity index (χ3n) is 3.99. The molecule has 0 saturated carbocycles. The number of imidazole rings is 1. The zero-order valence-electron chi connectivity index (χ0n) is 14.1. The van der Waals surface area contributed by atoms with Crippen molar-refractivity contribution >= 4 is 17.4 Å². The van der Waals surface area contributed by atoms with Gasteiger partial charge in [0.05, 0.1) is 18.4 Å². The Hall–Kier alpha value is -2.80. The number of nitrogens with two attached hydrogens (primary N) is 1. The van der Waals surface area contributed by atoms with E-state index >= 15 is 0 Å². The van der Waals surface area contributed by atoms with Crippen molar-refractivity contribution < 1.29 is 13.2 Å². The number of aliphatic imine (C=N–C) groups is 1. The first-order valence-electron chi connectivity index (χ1n) is 8.05. The highest BCUT2D eigenvalue weighted by Crippen LogP contribution is 2.33. The summed E-state index contributed by atoms with van der Waals surface area (Å²) in [5.41, 5.74) is 6.99. The second-order valence-corrected chi connectivity index (χ2v) is 6.39. The van der Waals surface area contributed by atoms with Crippen molar-refractivity contribution in [3.63, 3.8) is 0 Å². The first kappa shape index (κ1) is 19.0. The van der Waals surface area contributed by atoms with Gasteiger partial charge in [0.25, 0.3) is 0 Å². The fraction of sp³-hybridized carbons (Fsp3) is 0.158. The lowest BCUT2D eigenvalue weighted by Crippen LogP contribution is -2.17. The molecule has 4 nitrogen and oxygen atoms in total. The van der Waals surface area contributed by atoms with Crippen LogP contribution in [0, 0.1) is 0 Å². The Balaban J connectivity index is 1.86. The normalized spacial score (nSPS) is 12.4. The number of benzene rings is 2. The minimum atomic E-state index is -4.50. The van der Waals surface area contributed by atoms with Crippen LogP contribution in [-0.4, -0.2) is 15.8 Å². The number of halogens is 4. The zero-order chi connectivity index (χ0) is 19.4. The van der Waals surface area contributed by atoms with Gasteiger partial charge in [-0.3, -0.25) is 4.99 Å². The Kier molecular flexibility index (Phi) is 5.51. The van der Waals surface area contributed by atoms with Crippen molar-refractivity contribution in [1.82, 2.24) is 9.97 Å². The first-order chi connectivity index (χ1) is 12.8. The van der Waals surface area contributed by atoms with E-state index in [9.17, 15) is 13.2 Å². The molecule has 0 fully saturated rings. The summed E-state index contributed by atoms with van der Waals surface area (Å²) in [5, 5.41) is 0.596. The molecule has 3 N–H and O–H groups in total. The molecule has 27 heavy (non-hydrogen) atoms. The lowest BCUT2D eigenvalue weighted by Gasteiger charge is -2.14. The van der Waals surface area contributed by atoms with Crippen molar-refractivity contribution in [2.24, 2.45) is 10.7 Å². The molecule has 1 heterocycles. The van der Waals surface area contributed by atoms with Crippen molar-refractivity contribution in [1.29, 1.82) is 0 Å². The van der Waals surface area contributed by atoms with Crippen LogP contribution in [-0.2, 0) is 19.1 Å². The number of nitrogens with one attached hydrogen (secondary N) is 1. The number of hydrogen-bond acceptors (Lipinski definition) is 2. The number of nitrogens with zero attached hydrogens (tertiary/aromatic N) is 2. The van der Waals surface area contributed by atoms with Gasteiger partial charge in [-0.15, -0.1) is 0 Å². The largest absolute Gasteiger partial charge is 0.416 e. The van der Waals surface area contributed by atoms with Gasteiger partial charge in [0.1, 0.15) is 5.84 Å². The zero-order valence-corrected chi connectivity index (χ0v) is 14.8. The maximum atomic E-state index is 13.5. The van der Waals surface area contributed by atoms with Gasteiger partial charge in [-0.25, -0.2) is 4.98 Å². The first-order valence-corrected chi connectivity index (χ1v) is 8.43. The Morgan fingerprint density at radius 1 is 1.15 bits per heavy atom. The number of amidine groups is 1. The molecule has 140 valence electrons. The lowest BCUT2D eigenvalue weighted by molar-refractivity contribution is -0.138. The van der Waals surface area contributed by atoms with Crippen LogP contribution in [0.1, 0.15) is 27.9 Å². The maximum absolute atomic E-state index is 13.5. The van der Waals surface area contributed by atoms with E-state index < -0.39 is 11.7 Å². The molecular formula is C19H16ClF3N4. The van der Waals surface area contributed by atoms with Crippen molar-refractivity contribution in [3.8, 4) is 0 Å². The van der Waals surface area contributed by atoms with Gasteiger partial charge in [-0.05, 0) is 29.3 Å². The fourth-order valence-corrected chi connectivity index (χ4v) is 2.72. The number of alkyl halides is 3. The van der Waals surface area contributed by atoms with Gasteiger partial charge in [0.2, 0.25) is 0 Å². The highest BCUT2D eigenvalue weighted by molar-refractivity contribution is 6.30. The average Bonchev–Trinajstić information content (AvgIpc) is 3.13. The third kappa shape index (κ3) is 4.89. The monoisotopic (exact) mass is 392 g/mol. The molecule has 0 bridgehead atoms. The molecule has 3 aromatic rings. The van der Waals surface area contributed by atoms with E-state index in [4.69, 9.17) is 17.3 Å². The van der Waals surface area contributed by atoms with Crippen molar-refractivity contribution in [2.45, 2.75) is 19.1 Å². The van der Waals surface area contributed by atoms with E-state index in [1.807, 2.05) is 0 Å². The Morgan fingerprint density at radius 2 is 1.89 bits per heavy atom. The van der Waals surface area contributed by atoms with Gasteiger partial charge in [0.15, 0.2) is 0 Å². The molecule has 1 aromatic heterocycles. The van der Waals surface area contributed by atoms with Gasteiger partial charge in [0, 0.05) is 28.9 Å². The molecule has 0 aliphatic heterocycles. The Labute approximate surface area is 158 Å². The molecule has 3 rings (SSSR count). The Bertz CT molecular complexity index is 933. The number of aromatic amines is 1. The van der Waals surface area contributed by atoms with Crippen LogP contribution in [0.3, 0.4) is 0 Å². The summed E-state index contributed by atoms with van der Waals surface area (Å²) < 4.78 is 40.5. The van der Waals surface area contributed by atoms with E-state index in [-0.39, 0.29) is 29.9 Å². The lowest BCUT2D eigenvalue weighted by atomic mass is 9.99. The van der Waals surface area contributed by atoms with Gasteiger partial charge in [-0.1, -0.05) is 35.9 Å². The average molecular weight is 393 g/mol. The van der Waals surface area contributed by atoms with Crippen molar-refractivity contribution in [2.75, 3.05) is 0 Å². The molecule has 0 amide bonds. The van der Waals surface area contributed by atoms with Gasteiger partial charge < -0.3 is 10.7 Å². The quantitative estimate of drug-likeness (QED) is 0.493. The molecule has 2 aromatic carbocycles. The predicted octanol–water partition coefficient (Wildman–Crippen LogP) is 4.58. The van der Waals surface area contributed by atoms with Crippen LogP contribution < -0.4 is 5.73 Å². The van der Waals surface area contributed by atoms with E-state index in [2.05, 4.69) is 15.0 Å². The predicted molar refractivity (Wildman–Crippen MR) is 98.7 cm³/mol. The third-order valence-corrected chi connectivity index (χ3v) is 4.24. The fourth-order valence-electron chi connectivity index (χ4n) is 2.60. The van der Waals surface area contributed by atoms with Crippen molar-refractivity contribution in [3.05, 3.63) is 88.0 Å². The minimum Gasteiger partial charge on any atom is -0.383 e. The van der Waals surface area contributed by atoms with Crippen LogP contribution >= 0.6 is 11.6 Å². The molecule has 8 heteroatoms. The Morgan fingerprint density at radius 3 is 2.52 bits per heavy atom. The summed E-state index contributed by atoms with van der Waals surface area (Å²) in [6.45, 7) is 0.250. The van der Waals surface area contributed by atoms with E-state index in [0.717, 1.165) is 11.6 Å². The number of rotatable bonds is 5. The van der Waals surface area contributed by atoms with Crippen LogP contribution in [0.2, 0.25) is 5.02 Å². The molecule has 0 radical (unpaired) electrons. The van der Waals surface area contributed by atoms with Crippen LogP contribution in [0.25, 0.3) is 0 Å². The SMILES string of the molecule is NC(=NCc1ccc(Cl)cc1)c1ccc(Cc2cnc[nH]2)c(C(F)(F)F)c1. The smallest absolute Gasteiger partial charge is 0.383 e. The molecule has 0 aliphatic rings. The number of aromatic nitrogens is 2. The van der Waals surface area contributed by atoms with E-state index in [0.29, 0.717) is 10.7 Å². The summed E-state index contributed by atoms with van der Waals surface area (Å²) in [6, 6.07) is 11.0. The standard InChI is InChI=1S/C19H16ClF3N4/c20-15-5-1-12(2-6-15)9-26-18(24)14-4-3-13(7-16-10-25-11-27-16)17(8-14)19(21,22)23/h1-6,8,10-11H,7,9H2,(H2,24,26)(H,25,27). The van der Waals surface area contributed by atoms with Gasteiger partial charge in [-0.2, -0.15) is 13.2 Å². The molecule has 0 spiro atoms. The van der Waals surface area contributed by atoms with E-state index in [1.165, 1.54) is 18.6 Å². The number of H-pyrrole nitrogens is 1. The van der Waals surface area contributed by atoms with Crippen LogP contribution in [0.5, 0.6) is 0 Å². The van der Waals surface area contributed by atoms with Gasteiger partial charge >= 0.3 is 6.18 Å². The van der Waals surface area contributed by atoms with Crippen LogP contribution in [0.15, 0.2) is 60.0 Å². The second kappa shape index (κ2) is 7.84. The van der Waals surface area contributed by atoms with Crippen LogP contribution in [0.4, 0.5) is 13.2 Å². The van der Waals surface area contributed by atoms with E-state index in [1.54, 1.807) is 30.3 Å². The summed E-state index contributed by atoms with van der Waals surface area (Å²) in [4.78, 5) is 10.8. The minimum absolute atomic E-state index is 0.0449. The molecule has 0 unspecified atom stereocenters. The molecular weight excluding hydrogens is 377 g/mol.